The van der Waals surface area contributed by atoms with Crippen molar-refractivity contribution in [2.45, 2.75) is 75.2 Å². The highest BCUT2D eigenvalue weighted by atomic mass is 32.2. The highest BCUT2D eigenvalue weighted by Crippen LogP contribution is 2.46. The van der Waals surface area contributed by atoms with Gasteiger partial charge in [-0.25, -0.2) is 18.2 Å². The average molecular weight is 698 g/mol. The largest absolute Gasteiger partial charge is 0.446 e. The summed E-state index contributed by atoms with van der Waals surface area (Å²) in [5.74, 6) is -3.88. The monoisotopic (exact) mass is 697 g/mol. The third-order valence-corrected chi connectivity index (χ3v) is 11.9. The number of hydrogen-bond acceptors (Lipinski definition) is 9. The van der Waals surface area contributed by atoms with E-state index in [2.05, 4.69) is 33.5 Å². The highest BCUT2D eigenvalue weighted by molar-refractivity contribution is 7.91. The first-order valence-electron chi connectivity index (χ1n) is 16.2. The van der Waals surface area contributed by atoms with Crippen molar-refractivity contribution in [2.75, 3.05) is 18.9 Å². The lowest BCUT2D eigenvalue weighted by Gasteiger charge is -2.26. The van der Waals surface area contributed by atoms with Gasteiger partial charge in [-0.05, 0) is 70.4 Å². The number of nitrogens with one attached hydrogen (secondary N) is 3. The molecule has 0 saturated heterocycles. The maximum atomic E-state index is 13.9. The van der Waals surface area contributed by atoms with Crippen LogP contribution in [-0.2, 0) is 29.1 Å². The van der Waals surface area contributed by atoms with E-state index in [1.54, 1.807) is 24.2 Å². The number of hydrogen-bond donors (Lipinski definition) is 3. The molecule has 48 heavy (non-hydrogen) atoms. The molecule has 0 spiro atoms. The van der Waals surface area contributed by atoms with Gasteiger partial charge in [-0.2, -0.15) is 0 Å². The number of nitrogens with zero attached hydrogens (tertiary/aromatic N) is 2. The lowest BCUT2D eigenvalue weighted by molar-refractivity contribution is -0.140. The van der Waals surface area contributed by atoms with E-state index < -0.39 is 62.6 Å². The summed E-state index contributed by atoms with van der Waals surface area (Å²) in [5, 5.41) is 7.54. The molecule has 12 nitrogen and oxygen atoms in total. The summed E-state index contributed by atoms with van der Waals surface area (Å²) < 4.78 is 33.1. The van der Waals surface area contributed by atoms with Crippen LogP contribution in [0.15, 0.2) is 55.1 Å². The first-order chi connectivity index (χ1) is 22.9. The zero-order chi connectivity index (χ0) is 34.6. The molecule has 0 radical (unpaired) electrons. The summed E-state index contributed by atoms with van der Waals surface area (Å²) in [6.07, 6.45) is 7.22. The van der Waals surface area contributed by atoms with Gasteiger partial charge in [0, 0.05) is 36.7 Å². The molecule has 3 saturated carbocycles. The summed E-state index contributed by atoms with van der Waals surface area (Å²) in [5.41, 5.74) is 0.756. The molecule has 3 N–H and O–H groups in total. The van der Waals surface area contributed by atoms with E-state index in [4.69, 9.17) is 4.74 Å². The van der Waals surface area contributed by atoms with Crippen molar-refractivity contribution in [1.29, 1.82) is 0 Å². The van der Waals surface area contributed by atoms with Crippen LogP contribution in [0.3, 0.4) is 0 Å². The van der Waals surface area contributed by atoms with E-state index in [0.29, 0.717) is 25.1 Å². The van der Waals surface area contributed by atoms with Gasteiger partial charge in [0.25, 0.3) is 5.91 Å². The summed E-state index contributed by atoms with van der Waals surface area (Å²) in [7, 11) is -2.18. The molecule has 3 aliphatic carbocycles. The van der Waals surface area contributed by atoms with Gasteiger partial charge in [-0.3, -0.25) is 24.4 Å². The summed E-state index contributed by atoms with van der Waals surface area (Å²) in [6.45, 7) is 9.89. The van der Waals surface area contributed by atoms with Gasteiger partial charge in [0.05, 0.1) is 22.8 Å². The number of aryl methyl sites for hydroxylation is 1. The Hall–Kier alpha value is -4.04. The standard InChI is InChI=1S/C34H43N5O7S2/c1-5-7-8-9-15-39(4)31(41)26-19-23(46-33(43)36-28-13-10-21(3)17-27(28)30-35-14-16-47-30)18-25(26)29(40)37-34(20-22(34)6-2)32(42)38-48(44,45)24-11-12-24/h5-6,10,13-14,16-17,22-26H,1-2,7-9,11-12,15,18-20H2,3-4H3,(H,36,43)(H,37,40)(H,38,42)/t22-,23-,25-,26-,34-/m1/s1. The van der Waals surface area contributed by atoms with Crippen molar-refractivity contribution in [3.8, 4) is 10.6 Å². The van der Waals surface area contributed by atoms with Crippen LogP contribution >= 0.6 is 11.3 Å². The van der Waals surface area contributed by atoms with E-state index in [-0.39, 0.29) is 25.2 Å². The van der Waals surface area contributed by atoms with Gasteiger partial charge in [-0.15, -0.1) is 24.5 Å². The average Bonchev–Trinajstić information content (AvgIpc) is 3.92. The minimum Gasteiger partial charge on any atom is -0.446 e. The first-order valence-corrected chi connectivity index (χ1v) is 18.7. The minimum absolute atomic E-state index is 0.0457. The molecule has 1 aromatic carbocycles. The Labute approximate surface area is 285 Å². The third kappa shape index (κ3) is 7.97. The molecule has 0 aliphatic heterocycles. The van der Waals surface area contributed by atoms with Crippen LogP contribution < -0.4 is 15.4 Å². The molecule has 5 rings (SSSR count). The number of sulfonamides is 1. The number of benzene rings is 1. The molecule has 1 aromatic heterocycles. The van der Waals surface area contributed by atoms with Gasteiger partial charge < -0.3 is 15.0 Å². The van der Waals surface area contributed by atoms with E-state index >= 15 is 0 Å². The van der Waals surface area contributed by atoms with Crippen LogP contribution in [0.2, 0.25) is 0 Å². The Morgan fingerprint density at radius 3 is 2.54 bits per heavy atom. The number of allylic oxidation sites excluding steroid dienone is 1. The minimum atomic E-state index is -3.85. The molecule has 0 unspecified atom stereocenters. The fourth-order valence-corrected chi connectivity index (χ4v) is 8.33. The van der Waals surface area contributed by atoms with Crippen LogP contribution in [0.4, 0.5) is 10.5 Å². The molecule has 5 atom stereocenters. The predicted molar refractivity (Wildman–Crippen MR) is 183 cm³/mol. The second-order valence-corrected chi connectivity index (χ2v) is 15.8. The van der Waals surface area contributed by atoms with Crippen molar-refractivity contribution >= 4 is 50.9 Å². The molecular weight excluding hydrogens is 655 g/mol. The molecule has 0 bridgehead atoms. The second kappa shape index (κ2) is 14.6. The number of thiazole rings is 1. The predicted octanol–water partition coefficient (Wildman–Crippen LogP) is 4.55. The van der Waals surface area contributed by atoms with E-state index in [1.807, 2.05) is 30.5 Å². The fraction of sp³-hybridized carbons (Fsp3) is 0.500. The van der Waals surface area contributed by atoms with Crippen LogP contribution in [0.5, 0.6) is 0 Å². The molecular formula is C34H43N5O7S2. The Kier molecular flexibility index (Phi) is 10.7. The molecule has 3 aliphatic rings. The van der Waals surface area contributed by atoms with Crippen molar-refractivity contribution < 1.29 is 32.3 Å². The van der Waals surface area contributed by atoms with E-state index in [0.717, 1.165) is 35.4 Å². The van der Waals surface area contributed by atoms with Gasteiger partial charge in [0.2, 0.25) is 21.8 Å². The molecule has 258 valence electrons. The van der Waals surface area contributed by atoms with Gasteiger partial charge >= 0.3 is 6.09 Å². The smallest absolute Gasteiger partial charge is 0.411 e. The highest BCUT2D eigenvalue weighted by Gasteiger charge is 2.62. The Morgan fingerprint density at radius 1 is 1.15 bits per heavy atom. The third-order valence-electron chi connectivity index (χ3n) is 9.30. The van der Waals surface area contributed by atoms with Gasteiger partial charge in [0.15, 0.2) is 0 Å². The Balaban J connectivity index is 1.31. The SMILES string of the molecule is C=CCCCCN(C)C(=O)[C@@H]1C[C@H](OC(=O)Nc2ccc(C)cc2-c2nccs2)C[C@H]1C(=O)N[C@]1(C(=O)NS(=O)(=O)C2CC2)C[C@H]1C=C. The number of aromatic nitrogens is 1. The quantitative estimate of drug-likeness (QED) is 0.180. The summed E-state index contributed by atoms with van der Waals surface area (Å²) >= 11 is 1.43. The fourth-order valence-electron chi connectivity index (χ4n) is 6.30. The van der Waals surface area contributed by atoms with Crippen molar-refractivity contribution in [2.24, 2.45) is 17.8 Å². The zero-order valence-electron chi connectivity index (χ0n) is 27.3. The number of rotatable bonds is 15. The normalized spacial score (nSPS) is 24.6. The number of anilines is 1. The molecule has 2 aromatic rings. The van der Waals surface area contributed by atoms with Crippen LogP contribution in [0.1, 0.15) is 56.9 Å². The van der Waals surface area contributed by atoms with E-state index in [9.17, 15) is 27.6 Å². The Morgan fingerprint density at radius 2 is 1.90 bits per heavy atom. The molecule has 3 fully saturated rings. The maximum Gasteiger partial charge on any atom is 0.411 e. The number of ether oxygens (including phenoxy) is 1. The zero-order valence-corrected chi connectivity index (χ0v) is 28.9. The number of carbonyl (C=O) groups is 4. The number of unbranched alkanes of at least 4 members (excludes halogenated alkanes) is 2. The topological polar surface area (TPSA) is 164 Å². The first kappa shape index (κ1) is 35.3. The van der Waals surface area contributed by atoms with Crippen molar-refractivity contribution in [1.82, 2.24) is 19.9 Å². The maximum absolute atomic E-state index is 13.9. The molecule has 1 heterocycles. The molecule has 4 amide bonds. The van der Waals surface area contributed by atoms with Gasteiger partial charge in [0.1, 0.15) is 16.7 Å². The van der Waals surface area contributed by atoms with Crippen molar-refractivity contribution in [3.63, 3.8) is 0 Å². The second-order valence-electron chi connectivity index (χ2n) is 12.9. The summed E-state index contributed by atoms with van der Waals surface area (Å²) in [4.78, 5) is 60.1. The van der Waals surface area contributed by atoms with Crippen LogP contribution in [-0.4, -0.2) is 72.6 Å². The lowest BCUT2D eigenvalue weighted by Crippen LogP contribution is -2.54. The summed E-state index contributed by atoms with van der Waals surface area (Å²) in [6, 6.07) is 5.55. The van der Waals surface area contributed by atoms with E-state index in [1.165, 1.54) is 17.4 Å². The van der Waals surface area contributed by atoms with Gasteiger partial charge in [-0.1, -0.05) is 23.8 Å². The number of carbonyl (C=O) groups excluding carboxylic acids is 4. The van der Waals surface area contributed by atoms with Crippen LogP contribution in [0.25, 0.3) is 10.6 Å². The number of amides is 4. The van der Waals surface area contributed by atoms with Crippen molar-refractivity contribution in [3.05, 3.63) is 60.6 Å². The lowest BCUT2D eigenvalue weighted by atomic mass is 9.93. The Bertz CT molecular complexity index is 1670. The van der Waals surface area contributed by atoms with Crippen LogP contribution in [0, 0.1) is 24.7 Å². The molecule has 14 heteroatoms.